The van der Waals surface area contributed by atoms with Crippen molar-refractivity contribution in [3.63, 3.8) is 0 Å². The summed E-state index contributed by atoms with van der Waals surface area (Å²) < 4.78 is 0. The third kappa shape index (κ3) is 4.45. The fourth-order valence-corrected chi connectivity index (χ4v) is 2.45. The summed E-state index contributed by atoms with van der Waals surface area (Å²) in [7, 11) is 0. The highest BCUT2D eigenvalue weighted by Crippen LogP contribution is 2.20. The Kier molecular flexibility index (Phi) is 6.14. The fraction of sp³-hybridized carbons (Fsp3) is 0.250. The largest absolute Gasteiger partial charge is 0.314 e. The number of hydrogen-bond donors (Lipinski definition) is 3. The number of thioether (sulfide) groups is 1. The zero-order valence-electron chi connectivity index (χ0n) is 13.4. The van der Waals surface area contributed by atoms with Gasteiger partial charge in [0.25, 0.3) is 11.5 Å². The van der Waals surface area contributed by atoms with Crippen LogP contribution in [0.15, 0.2) is 40.3 Å². The van der Waals surface area contributed by atoms with Crippen LogP contribution in [0.25, 0.3) is 0 Å². The molecule has 0 radical (unpaired) electrons. The molecule has 1 aromatic heterocycles. The van der Waals surface area contributed by atoms with Crippen molar-refractivity contribution in [2.24, 2.45) is 0 Å². The smallest absolute Gasteiger partial charge is 0.277 e. The molecule has 0 atom stereocenters. The minimum Gasteiger partial charge on any atom is -0.314 e. The maximum absolute atomic E-state index is 12.3. The Morgan fingerprint density at radius 3 is 2.50 bits per heavy atom. The summed E-state index contributed by atoms with van der Waals surface area (Å²) in [6.45, 7) is 3.60. The number of hydrogen-bond acceptors (Lipinski definition) is 5. The summed E-state index contributed by atoms with van der Waals surface area (Å²) in [6.07, 6.45) is 0.233. The molecular formula is C16H18N4O3S. The molecular weight excluding hydrogens is 328 g/mol. The highest BCUT2D eigenvalue weighted by atomic mass is 32.2. The molecule has 1 heterocycles. The van der Waals surface area contributed by atoms with Crippen LogP contribution in [0.5, 0.6) is 0 Å². The molecule has 0 saturated carbocycles. The minimum absolute atomic E-state index is 0.0471. The van der Waals surface area contributed by atoms with Crippen LogP contribution in [0, 0.1) is 0 Å². The van der Waals surface area contributed by atoms with Crippen molar-refractivity contribution in [3.8, 4) is 0 Å². The second-order valence-corrected chi connectivity index (χ2v) is 6.00. The van der Waals surface area contributed by atoms with Crippen LogP contribution in [0.3, 0.4) is 0 Å². The quantitative estimate of drug-likeness (QED) is 0.551. The molecule has 7 nitrogen and oxygen atoms in total. The molecule has 0 spiro atoms. The molecule has 2 rings (SSSR count). The van der Waals surface area contributed by atoms with Gasteiger partial charge in [-0.05, 0) is 17.9 Å². The summed E-state index contributed by atoms with van der Waals surface area (Å²) in [5.74, 6) is 0.00666. The van der Waals surface area contributed by atoms with Crippen molar-refractivity contribution in [1.29, 1.82) is 0 Å². The van der Waals surface area contributed by atoms with E-state index in [0.29, 0.717) is 16.5 Å². The molecule has 0 aliphatic carbocycles. The topological polar surface area (TPSA) is 104 Å². The highest BCUT2D eigenvalue weighted by Gasteiger charge is 2.17. The van der Waals surface area contributed by atoms with Crippen LogP contribution in [0.4, 0.5) is 11.5 Å². The van der Waals surface area contributed by atoms with E-state index in [4.69, 9.17) is 0 Å². The number of carbonyl (C=O) groups excluding carboxylic acids is 2. The van der Waals surface area contributed by atoms with Gasteiger partial charge >= 0.3 is 0 Å². The zero-order valence-corrected chi connectivity index (χ0v) is 14.2. The normalized spacial score (nSPS) is 10.2. The first kappa shape index (κ1) is 17.7. The molecule has 3 N–H and O–H groups in total. The number of nitrogens with one attached hydrogen (secondary N) is 3. The molecule has 2 aromatic rings. The summed E-state index contributed by atoms with van der Waals surface area (Å²) in [6, 6.07) is 8.48. The number of anilines is 2. The predicted octanol–water partition coefficient (Wildman–Crippen LogP) is 2.48. The Hall–Kier alpha value is -2.61. The molecule has 0 bridgehead atoms. The van der Waals surface area contributed by atoms with E-state index in [2.05, 4.69) is 20.6 Å². The number of aromatic nitrogens is 2. The lowest BCUT2D eigenvalue weighted by Gasteiger charge is -2.11. The van der Waals surface area contributed by atoms with Crippen LogP contribution in [-0.4, -0.2) is 27.5 Å². The van der Waals surface area contributed by atoms with E-state index in [9.17, 15) is 14.4 Å². The summed E-state index contributed by atoms with van der Waals surface area (Å²) in [5, 5.41) is 5.46. The third-order valence-electron chi connectivity index (χ3n) is 3.03. The Morgan fingerprint density at radius 1 is 1.17 bits per heavy atom. The molecule has 126 valence electrons. The summed E-state index contributed by atoms with van der Waals surface area (Å²) in [4.78, 5) is 43.1. The molecule has 0 unspecified atom stereocenters. The van der Waals surface area contributed by atoms with Gasteiger partial charge in [0.05, 0.1) is 0 Å². The Morgan fingerprint density at radius 2 is 1.88 bits per heavy atom. The van der Waals surface area contributed by atoms with Gasteiger partial charge in [-0.25, -0.2) is 4.98 Å². The molecule has 0 saturated heterocycles. The van der Waals surface area contributed by atoms with Crippen molar-refractivity contribution in [1.82, 2.24) is 9.97 Å². The predicted molar refractivity (Wildman–Crippen MR) is 94.6 cm³/mol. The Balaban J connectivity index is 2.38. The van der Waals surface area contributed by atoms with Gasteiger partial charge in [0, 0.05) is 12.0 Å². The lowest BCUT2D eigenvalue weighted by Crippen LogP contribution is -2.25. The third-order valence-corrected chi connectivity index (χ3v) is 3.79. The highest BCUT2D eigenvalue weighted by molar-refractivity contribution is 7.99. The first-order chi connectivity index (χ1) is 11.5. The van der Waals surface area contributed by atoms with Crippen molar-refractivity contribution in [2.45, 2.75) is 25.4 Å². The van der Waals surface area contributed by atoms with Crippen molar-refractivity contribution in [3.05, 3.63) is 46.2 Å². The van der Waals surface area contributed by atoms with E-state index in [0.717, 1.165) is 0 Å². The number of benzene rings is 1. The van der Waals surface area contributed by atoms with E-state index in [1.165, 1.54) is 11.8 Å². The number of carbonyl (C=O) groups is 2. The number of nitrogens with zero attached hydrogens (tertiary/aromatic N) is 1. The van der Waals surface area contributed by atoms with Crippen LogP contribution in [0.2, 0.25) is 0 Å². The SMILES string of the molecule is CCSc1nc(NC(=O)CC)c(NC(=O)c2ccccc2)c(=O)[nH]1. The number of rotatable bonds is 6. The zero-order chi connectivity index (χ0) is 17.5. The van der Waals surface area contributed by atoms with E-state index in [-0.39, 0.29) is 23.8 Å². The van der Waals surface area contributed by atoms with Gasteiger partial charge in [-0.15, -0.1) is 0 Å². The molecule has 1 aromatic carbocycles. The Bertz CT molecular complexity index is 790. The van der Waals surface area contributed by atoms with E-state index in [1.807, 2.05) is 6.92 Å². The van der Waals surface area contributed by atoms with Crippen LogP contribution in [0.1, 0.15) is 30.6 Å². The van der Waals surface area contributed by atoms with Gasteiger partial charge in [-0.1, -0.05) is 43.8 Å². The van der Waals surface area contributed by atoms with Gasteiger partial charge in [-0.2, -0.15) is 0 Å². The summed E-state index contributed by atoms with van der Waals surface area (Å²) >= 11 is 1.33. The maximum atomic E-state index is 12.3. The lowest BCUT2D eigenvalue weighted by atomic mass is 10.2. The number of aromatic amines is 1. The van der Waals surface area contributed by atoms with Gasteiger partial charge in [0.15, 0.2) is 16.7 Å². The first-order valence-corrected chi connectivity index (χ1v) is 8.47. The number of amides is 2. The Labute approximate surface area is 143 Å². The van der Waals surface area contributed by atoms with Crippen molar-refractivity contribution in [2.75, 3.05) is 16.4 Å². The molecule has 0 fully saturated rings. The van der Waals surface area contributed by atoms with E-state index in [1.54, 1.807) is 37.3 Å². The van der Waals surface area contributed by atoms with Gasteiger partial charge in [-0.3, -0.25) is 19.4 Å². The van der Waals surface area contributed by atoms with Crippen molar-refractivity contribution < 1.29 is 9.59 Å². The lowest BCUT2D eigenvalue weighted by molar-refractivity contribution is -0.115. The van der Waals surface area contributed by atoms with Crippen LogP contribution in [-0.2, 0) is 4.79 Å². The monoisotopic (exact) mass is 346 g/mol. The summed E-state index contributed by atoms with van der Waals surface area (Å²) in [5.41, 5.74) is -0.195. The first-order valence-electron chi connectivity index (χ1n) is 7.48. The average molecular weight is 346 g/mol. The molecule has 24 heavy (non-hydrogen) atoms. The fourth-order valence-electron chi connectivity index (χ4n) is 1.86. The van der Waals surface area contributed by atoms with E-state index >= 15 is 0 Å². The second-order valence-electron chi connectivity index (χ2n) is 4.75. The van der Waals surface area contributed by atoms with Gasteiger partial charge in [0.2, 0.25) is 5.91 Å². The molecule has 8 heteroatoms. The van der Waals surface area contributed by atoms with Crippen molar-refractivity contribution >= 4 is 35.1 Å². The molecule has 0 aliphatic rings. The molecule has 0 aliphatic heterocycles. The van der Waals surface area contributed by atoms with Gasteiger partial charge in [0.1, 0.15) is 0 Å². The average Bonchev–Trinajstić information content (AvgIpc) is 2.58. The van der Waals surface area contributed by atoms with E-state index < -0.39 is 11.5 Å². The second kappa shape index (κ2) is 8.30. The number of H-pyrrole nitrogens is 1. The van der Waals surface area contributed by atoms with Gasteiger partial charge < -0.3 is 10.6 Å². The standard InChI is InChI=1S/C16H18N4O3S/c1-3-11(21)17-13-12(15(23)20-16(19-13)24-4-2)18-14(22)10-8-6-5-7-9-10/h5-9H,3-4H2,1-2H3,(H,18,22)(H2,17,19,20,21,23). The minimum atomic E-state index is -0.517. The van der Waals surface area contributed by atoms with Crippen LogP contribution < -0.4 is 16.2 Å². The molecule has 2 amide bonds. The van der Waals surface area contributed by atoms with Crippen LogP contribution >= 0.6 is 11.8 Å². The maximum Gasteiger partial charge on any atom is 0.277 e.